The van der Waals surface area contributed by atoms with Gasteiger partial charge in [-0.1, -0.05) is 54.5 Å². The molecule has 0 aliphatic heterocycles. The third-order valence-corrected chi connectivity index (χ3v) is 4.48. The maximum absolute atomic E-state index is 12.0. The van der Waals surface area contributed by atoms with Crippen LogP contribution in [0.4, 0.5) is 4.79 Å². The van der Waals surface area contributed by atoms with E-state index in [-0.39, 0.29) is 5.92 Å². The first-order valence-electron chi connectivity index (χ1n) is 8.76. The van der Waals surface area contributed by atoms with Gasteiger partial charge in [0.25, 0.3) is 0 Å². The van der Waals surface area contributed by atoms with Crippen LogP contribution in [-0.4, -0.2) is 34.4 Å². The van der Waals surface area contributed by atoms with Crippen LogP contribution in [0.2, 0.25) is 0 Å². The lowest BCUT2D eigenvalue weighted by molar-refractivity contribution is 0.143. The van der Waals surface area contributed by atoms with Crippen LogP contribution in [0.15, 0.2) is 54.9 Å². The molecule has 2 N–H and O–H groups in total. The van der Waals surface area contributed by atoms with Crippen LogP contribution in [0.25, 0.3) is 11.1 Å². The average Bonchev–Trinajstić information content (AvgIpc) is 3.32. The second-order valence-corrected chi connectivity index (χ2v) is 6.14. The summed E-state index contributed by atoms with van der Waals surface area (Å²) in [6.07, 6.45) is 1.47. The molecule has 1 aliphatic rings. The Labute approximate surface area is 157 Å². The van der Waals surface area contributed by atoms with Crippen molar-refractivity contribution in [1.82, 2.24) is 20.5 Å². The number of H-pyrrole nitrogens is 1. The predicted octanol–water partition coefficient (Wildman–Crippen LogP) is 3.09. The number of aromatic amines is 1. The first-order chi connectivity index (χ1) is 13.3. The number of carbonyl (C=O) groups is 1. The highest BCUT2D eigenvalue weighted by Gasteiger charge is 2.28. The molecule has 0 radical (unpaired) electrons. The van der Waals surface area contributed by atoms with Crippen molar-refractivity contribution in [2.24, 2.45) is 0 Å². The Morgan fingerprint density at radius 3 is 2.48 bits per heavy atom. The van der Waals surface area contributed by atoms with Crippen LogP contribution in [-0.2, 0) is 4.74 Å². The molecule has 1 aliphatic carbocycles. The average molecular weight is 358 g/mol. The van der Waals surface area contributed by atoms with E-state index in [0.717, 1.165) is 0 Å². The highest BCUT2D eigenvalue weighted by atomic mass is 16.5. The summed E-state index contributed by atoms with van der Waals surface area (Å²) in [5.74, 6) is 6.31. The summed E-state index contributed by atoms with van der Waals surface area (Å²) in [6.45, 7) is 0.724. The van der Waals surface area contributed by atoms with Crippen LogP contribution >= 0.6 is 0 Å². The highest BCUT2D eigenvalue weighted by Crippen LogP contribution is 2.44. The molecule has 0 spiro atoms. The molecule has 6 heteroatoms. The molecule has 4 rings (SSSR count). The maximum atomic E-state index is 12.0. The fourth-order valence-corrected chi connectivity index (χ4v) is 3.29. The number of hydrogen-bond acceptors (Lipinski definition) is 4. The number of alkyl carbamates (subject to hydrolysis) is 1. The van der Waals surface area contributed by atoms with Gasteiger partial charge < -0.3 is 10.1 Å². The lowest BCUT2D eigenvalue weighted by atomic mass is 9.98. The van der Waals surface area contributed by atoms with Crippen LogP contribution in [0.1, 0.15) is 29.3 Å². The third kappa shape index (κ3) is 3.67. The van der Waals surface area contributed by atoms with E-state index in [2.05, 4.69) is 56.6 Å². The van der Waals surface area contributed by atoms with Crippen LogP contribution in [0, 0.1) is 11.8 Å². The first kappa shape index (κ1) is 16.9. The quantitative estimate of drug-likeness (QED) is 0.555. The third-order valence-electron chi connectivity index (χ3n) is 4.48. The minimum absolute atomic E-state index is 0.0643. The van der Waals surface area contributed by atoms with Gasteiger partial charge in [0, 0.05) is 18.9 Å². The summed E-state index contributed by atoms with van der Waals surface area (Å²) in [7, 11) is 0. The van der Waals surface area contributed by atoms with Gasteiger partial charge in [-0.2, -0.15) is 5.10 Å². The van der Waals surface area contributed by atoms with Crippen molar-refractivity contribution in [1.29, 1.82) is 0 Å². The van der Waals surface area contributed by atoms with Gasteiger partial charge >= 0.3 is 6.09 Å². The predicted molar refractivity (Wildman–Crippen MR) is 101 cm³/mol. The van der Waals surface area contributed by atoms with E-state index >= 15 is 0 Å². The standard InChI is InChI=1S/C21H18N4O2/c26-21(22-12-6-5-11-20-23-14-24-25-20)27-13-19-17-9-3-1-7-15(17)16-8-2-4-10-18(16)19/h1-4,7-10,14,19H,6,12-13H2,(H,22,26)(H,23,24,25). The van der Waals surface area contributed by atoms with Gasteiger partial charge in [-0.15, -0.1) is 0 Å². The van der Waals surface area contributed by atoms with Gasteiger partial charge in [-0.3, -0.25) is 5.10 Å². The second kappa shape index (κ2) is 7.75. The summed E-state index contributed by atoms with van der Waals surface area (Å²) in [6, 6.07) is 16.5. The van der Waals surface area contributed by atoms with E-state index in [9.17, 15) is 4.79 Å². The topological polar surface area (TPSA) is 79.9 Å². The summed E-state index contributed by atoms with van der Waals surface area (Å²) in [4.78, 5) is 15.9. The number of nitrogens with zero attached hydrogens (tertiary/aromatic N) is 2. The Morgan fingerprint density at radius 1 is 1.11 bits per heavy atom. The van der Waals surface area contributed by atoms with E-state index in [1.165, 1.54) is 28.6 Å². The summed E-state index contributed by atoms with van der Waals surface area (Å²) < 4.78 is 5.47. The van der Waals surface area contributed by atoms with Crippen molar-refractivity contribution < 1.29 is 9.53 Å². The molecule has 2 aromatic carbocycles. The molecule has 1 amide bonds. The number of fused-ring (bicyclic) bond motifs is 3. The Hall–Kier alpha value is -3.59. The molecule has 3 aromatic rings. The van der Waals surface area contributed by atoms with Crippen molar-refractivity contribution in [3.63, 3.8) is 0 Å². The molecule has 6 nitrogen and oxygen atoms in total. The molecule has 134 valence electrons. The zero-order valence-corrected chi connectivity index (χ0v) is 14.6. The van der Waals surface area contributed by atoms with Gasteiger partial charge in [-0.25, -0.2) is 9.78 Å². The van der Waals surface area contributed by atoms with Crippen molar-refractivity contribution in [3.05, 3.63) is 71.8 Å². The number of rotatable bonds is 4. The SMILES string of the molecule is O=C(NCCC#Cc1ncn[nH]1)OCC1c2ccccc2-c2ccccc21. The molecule has 1 heterocycles. The van der Waals surface area contributed by atoms with Crippen molar-refractivity contribution >= 4 is 6.09 Å². The minimum atomic E-state index is -0.432. The van der Waals surface area contributed by atoms with Gasteiger partial charge in [0.2, 0.25) is 5.82 Å². The number of ether oxygens (including phenoxy) is 1. The lowest BCUT2D eigenvalue weighted by Gasteiger charge is -2.14. The highest BCUT2D eigenvalue weighted by molar-refractivity contribution is 5.79. The summed E-state index contributed by atoms with van der Waals surface area (Å²) in [5.41, 5.74) is 4.82. The largest absolute Gasteiger partial charge is 0.449 e. The van der Waals surface area contributed by atoms with Crippen LogP contribution in [0.3, 0.4) is 0 Å². The number of benzene rings is 2. The zero-order valence-electron chi connectivity index (χ0n) is 14.6. The van der Waals surface area contributed by atoms with Crippen molar-refractivity contribution in [3.8, 4) is 23.0 Å². The minimum Gasteiger partial charge on any atom is -0.449 e. The number of hydrogen-bond donors (Lipinski definition) is 2. The molecule has 0 fully saturated rings. The summed E-state index contributed by atoms with van der Waals surface area (Å²) >= 11 is 0. The van der Waals surface area contributed by atoms with Crippen LogP contribution < -0.4 is 5.32 Å². The molecule has 0 bridgehead atoms. The van der Waals surface area contributed by atoms with Crippen LogP contribution in [0.5, 0.6) is 0 Å². The molecule has 27 heavy (non-hydrogen) atoms. The molecule has 0 saturated carbocycles. The second-order valence-electron chi connectivity index (χ2n) is 6.14. The van der Waals surface area contributed by atoms with E-state index in [0.29, 0.717) is 25.4 Å². The van der Waals surface area contributed by atoms with Crippen molar-refractivity contribution in [2.75, 3.05) is 13.2 Å². The van der Waals surface area contributed by atoms with Gasteiger partial charge in [0.05, 0.1) is 0 Å². The Balaban J connectivity index is 1.31. The first-order valence-corrected chi connectivity index (χ1v) is 8.76. The number of carbonyl (C=O) groups excluding carboxylic acids is 1. The van der Waals surface area contributed by atoms with Gasteiger partial charge in [0.15, 0.2) is 0 Å². The fraction of sp³-hybridized carbons (Fsp3) is 0.190. The zero-order chi connectivity index (χ0) is 18.5. The fourth-order valence-electron chi connectivity index (χ4n) is 3.29. The van der Waals surface area contributed by atoms with Gasteiger partial charge in [-0.05, 0) is 28.2 Å². The number of aromatic nitrogens is 3. The maximum Gasteiger partial charge on any atom is 0.407 e. The van der Waals surface area contributed by atoms with E-state index in [1.807, 2.05) is 24.3 Å². The molecule has 0 unspecified atom stereocenters. The van der Waals surface area contributed by atoms with E-state index in [1.54, 1.807) is 0 Å². The summed E-state index contributed by atoms with van der Waals surface area (Å²) in [5, 5.41) is 9.10. The van der Waals surface area contributed by atoms with E-state index < -0.39 is 6.09 Å². The smallest absolute Gasteiger partial charge is 0.407 e. The molecular formula is C21H18N4O2. The van der Waals surface area contributed by atoms with E-state index in [4.69, 9.17) is 4.74 Å². The Bertz CT molecular complexity index is 957. The Kier molecular flexibility index (Phi) is 4.84. The lowest BCUT2D eigenvalue weighted by Crippen LogP contribution is -2.26. The molecule has 0 saturated heterocycles. The van der Waals surface area contributed by atoms with Gasteiger partial charge in [0.1, 0.15) is 12.9 Å². The number of nitrogens with one attached hydrogen (secondary N) is 2. The molecule has 0 atom stereocenters. The monoisotopic (exact) mass is 358 g/mol. The Morgan fingerprint density at radius 2 is 1.81 bits per heavy atom. The number of amides is 1. The normalized spacial score (nSPS) is 11.9. The molecule has 1 aromatic heterocycles. The molecular weight excluding hydrogens is 340 g/mol. The van der Waals surface area contributed by atoms with Crippen molar-refractivity contribution in [2.45, 2.75) is 12.3 Å².